The van der Waals surface area contributed by atoms with Gasteiger partial charge in [-0.15, -0.1) is 0 Å². The summed E-state index contributed by atoms with van der Waals surface area (Å²) in [5.41, 5.74) is 2.22. The van der Waals surface area contributed by atoms with Crippen molar-refractivity contribution >= 4 is 44.4 Å². The fourth-order valence-electron chi connectivity index (χ4n) is 3.08. The zero-order valence-electron chi connectivity index (χ0n) is 20.6. The molecule has 1 aliphatic heterocycles. The molecular formula is C26H34Br2O6. The predicted molar refractivity (Wildman–Crippen MR) is 143 cm³/mol. The molecule has 0 saturated carbocycles. The van der Waals surface area contributed by atoms with Gasteiger partial charge in [-0.25, -0.2) is 0 Å². The summed E-state index contributed by atoms with van der Waals surface area (Å²) in [5, 5.41) is 21.1. The second-order valence-electron chi connectivity index (χ2n) is 9.64. The molecule has 0 bridgehead atoms. The van der Waals surface area contributed by atoms with Gasteiger partial charge in [0.25, 0.3) is 0 Å². The molecule has 0 amide bonds. The fraction of sp³-hybridized carbons (Fsp3) is 0.462. The standard InChI is InChI=1S/C13H16O3.C11H14O3.C2H4Br2/c1-13(2,3)10-6-9(8-14)7-11-12(10)16-5-4-15-11;1-11(2,3)8-4-7(6-12)5-9(13)10(8)14;3-1-2-4/h6-8H,4-5H2,1-3H3;4-6,13-14H,1-3H3;1-2H2. The molecule has 188 valence electrons. The highest BCUT2D eigenvalue weighted by Gasteiger charge is 2.25. The third-order valence-electron chi connectivity index (χ3n) is 4.74. The van der Waals surface area contributed by atoms with Gasteiger partial charge in [-0.2, -0.15) is 0 Å². The number of phenols is 2. The van der Waals surface area contributed by atoms with Gasteiger partial charge in [0.05, 0.1) is 0 Å². The molecule has 34 heavy (non-hydrogen) atoms. The molecule has 0 spiro atoms. The number of fused-ring (bicyclic) bond motifs is 1. The van der Waals surface area contributed by atoms with E-state index < -0.39 is 0 Å². The topological polar surface area (TPSA) is 93.1 Å². The molecule has 0 unspecified atom stereocenters. The van der Waals surface area contributed by atoms with Crippen molar-refractivity contribution in [1.29, 1.82) is 0 Å². The maximum atomic E-state index is 10.9. The minimum absolute atomic E-state index is 0.0657. The SMILES string of the molecule is BrCCBr.CC(C)(C)c1cc(C=O)cc(O)c1O.CC(C)(C)c1cc(C=O)cc2c1OCCO2. The van der Waals surface area contributed by atoms with Crippen LogP contribution in [0.25, 0.3) is 0 Å². The van der Waals surface area contributed by atoms with Crippen molar-refractivity contribution in [2.24, 2.45) is 0 Å². The molecular weight excluding hydrogens is 568 g/mol. The molecule has 1 heterocycles. The van der Waals surface area contributed by atoms with E-state index in [-0.39, 0.29) is 22.3 Å². The fourth-order valence-corrected chi connectivity index (χ4v) is 3.08. The van der Waals surface area contributed by atoms with E-state index in [9.17, 15) is 19.8 Å². The molecule has 0 fully saturated rings. The van der Waals surface area contributed by atoms with Crippen molar-refractivity contribution in [1.82, 2.24) is 0 Å². The lowest BCUT2D eigenvalue weighted by Crippen LogP contribution is -2.21. The number of ether oxygens (including phenoxy) is 2. The number of carbonyl (C=O) groups is 2. The largest absolute Gasteiger partial charge is 0.504 e. The Balaban J connectivity index is 0.000000297. The number of hydrogen-bond acceptors (Lipinski definition) is 6. The summed E-state index contributed by atoms with van der Waals surface area (Å²) < 4.78 is 11.2. The van der Waals surface area contributed by atoms with Gasteiger partial charge >= 0.3 is 0 Å². The maximum absolute atomic E-state index is 10.9. The number of alkyl halides is 2. The van der Waals surface area contributed by atoms with Crippen molar-refractivity contribution in [3.05, 3.63) is 46.5 Å². The van der Waals surface area contributed by atoms with Crippen LogP contribution in [0, 0.1) is 0 Å². The minimum Gasteiger partial charge on any atom is -0.504 e. The van der Waals surface area contributed by atoms with Crippen molar-refractivity contribution in [3.8, 4) is 23.0 Å². The highest BCUT2D eigenvalue weighted by atomic mass is 79.9. The Morgan fingerprint density at radius 1 is 0.794 bits per heavy atom. The van der Waals surface area contributed by atoms with Gasteiger partial charge in [-0.05, 0) is 35.1 Å². The van der Waals surface area contributed by atoms with Crippen LogP contribution in [0.3, 0.4) is 0 Å². The Labute approximate surface area is 218 Å². The summed E-state index contributed by atoms with van der Waals surface area (Å²) in [7, 11) is 0. The summed E-state index contributed by atoms with van der Waals surface area (Å²) in [5.74, 6) is 1.06. The van der Waals surface area contributed by atoms with Gasteiger partial charge in [-0.1, -0.05) is 73.4 Å². The van der Waals surface area contributed by atoms with E-state index in [0.29, 0.717) is 41.9 Å². The number of hydrogen-bond donors (Lipinski definition) is 2. The summed E-state index contributed by atoms with van der Waals surface area (Å²) >= 11 is 6.40. The van der Waals surface area contributed by atoms with Gasteiger partial charge < -0.3 is 19.7 Å². The zero-order chi connectivity index (χ0) is 26.1. The van der Waals surface area contributed by atoms with Crippen molar-refractivity contribution in [3.63, 3.8) is 0 Å². The van der Waals surface area contributed by atoms with Crippen LogP contribution in [0.5, 0.6) is 23.0 Å². The molecule has 0 radical (unpaired) electrons. The molecule has 2 aromatic carbocycles. The van der Waals surface area contributed by atoms with Crippen LogP contribution in [0.2, 0.25) is 0 Å². The number of rotatable bonds is 3. The van der Waals surface area contributed by atoms with Crippen LogP contribution >= 0.6 is 31.9 Å². The normalized spacial score (nSPS) is 12.5. The zero-order valence-corrected chi connectivity index (χ0v) is 23.7. The van der Waals surface area contributed by atoms with E-state index in [1.807, 2.05) is 26.8 Å². The second-order valence-corrected chi connectivity index (χ2v) is 11.2. The predicted octanol–water partition coefficient (Wildman–Crippen LogP) is 6.55. The summed E-state index contributed by atoms with van der Waals surface area (Å²) in [6.45, 7) is 13.1. The first-order valence-corrected chi connectivity index (χ1v) is 13.1. The van der Waals surface area contributed by atoms with Crippen LogP contribution in [-0.4, -0.2) is 46.7 Å². The highest BCUT2D eigenvalue weighted by molar-refractivity contribution is 9.11. The highest BCUT2D eigenvalue weighted by Crippen LogP contribution is 2.41. The summed E-state index contributed by atoms with van der Waals surface area (Å²) in [4.78, 5) is 21.4. The molecule has 1 aliphatic rings. The second kappa shape index (κ2) is 13.1. The van der Waals surface area contributed by atoms with Crippen molar-refractivity contribution in [2.75, 3.05) is 23.9 Å². The van der Waals surface area contributed by atoms with Crippen LogP contribution < -0.4 is 9.47 Å². The maximum Gasteiger partial charge on any atom is 0.165 e. The van der Waals surface area contributed by atoms with E-state index in [2.05, 4.69) is 52.6 Å². The molecule has 0 atom stereocenters. The lowest BCUT2D eigenvalue weighted by Gasteiger charge is -2.27. The minimum atomic E-state index is -0.305. The van der Waals surface area contributed by atoms with E-state index in [1.165, 1.54) is 6.07 Å². The first kappa shape index (κ1) is 30.0. The summed E-state index contributed by atoms with van der Waals surface area (Å²) in [6.07, 6.45) is 1.49. The van der Waals surface area contributed by atoms with Crippen LogP contribution in [0.4, 0.5) is 0 Å². The number of phenolic OH excluding ortho intramolecular Hbond substituents is 2. The number of aromatic hydroxyl groups is 2. The van der Waals surface area contributed by atoms with E-state index >= 15 is 0 Å². The number of benzene rings is 2. The van der Waals surface area contributed by atoms with Gasteiger partial charge in [0, 0.05) is 32.9 Å². The van der Waals surface area contributed by atoms with E-state index in [4.69, 9.17) is 9.47 Å². The van der Waals surface area contributed by atoms with E-state index in [1.54, 1.807) is 12.1 Å². The third-order valence-corrected chi connectivity index (χ3v) is 6.59. The quantitative estimate of drug-likeness (QED) is 0.235. The molecule has 2 N–H and O–H groups in total. The van der Waals surface area contributed by atoms with Crippen LogP contribution in [-0.2, 0) is 10.8 Å². The number of carbonyl (C=O) groups excluding carboxylic acids is 2. The van der Waals surface area contributed by atoms with Gasteiger partial charge in [0.1, 0.15) is 25.8 Å². The van der Waals surface area contributed by atoms with Gasteiger partial charge in [-0.3, -0.25) is 9.59 Å². The number of halogens is 2. The average Bonchev–Trinajstić information content (AvgIpc) is 2.79. The Morgan fingerprint density at radius 3 is 1.74 bits per heavy atom. The summed E-state index contributed by atoms with van der Waals surface area (Å²) in [6, 6.07) is 6.44. The molecule has 3 rings (SSSR count). The molecule has 8 heteroatoms. The van der Waals surface area contributed by atoms with E-state index in [0.717, 1.165) is 28.3 Å². The first-order chi connectivity index (χ1) is 15.8. The van der Waals surface area contributed by atoms with Crippen LogP contribution in [0.1, 0.15) is 73.4 Å². The molecule has 0 aliphatic carbocycles. The Bertz CT molecular complexity index is 973. The monoisotopic (exact) mass is 600 g/mol. The van der Waals surface area contributed by atoms with Crippen molar-refractivity contribution in [2.45, 2.75) is 52.4 Å². The van der Waals surface area contributed by atoms with Gasteiger partial charge in [0.2, 0.25) is 0 Å². The number of aldehydes is 2. The first-order valence-electron chi connectivity index (χ1n) is 10.8. The molecule has 0 saturated heterocycles. The third kappa shape index (κ3) is 8.62. The van der Waals surface area contributed by atoms with Crippen molar-refractivity contribution < 1.29 is 29.3 Å². The lowest BCUT2D eigenvalue weighted by molar-refractivity contribution is 0.111. The average molecular weight is 602 g/mol. The Hall–Kier alpha value is -2.06. The Kier molecular flexibility index (Phi) is 11.6. The van der Waals surface area contributed by atoms with Crippen LogP contribution in [0.15, 0.2) is 24.3 Å². The molecule has 6 nitrogen and oxygen atoms in total. The van der Waals surface area contributed by atoms with Gasteiger partial charge in [0.15, 0.2) is 23.0 Å². The molecule has 0 aromatic heterocycles. The molecule has 2 aromatic rings. The Morgan fingerprint density at radius 2 is 1.26 bits per heavy atom. The lowest BCUT2D eigenvalue weighted by atomic mass is 9.85. The smallest absolute Gasteiger partial charge is 0.165 e.